The highest BCUT2D eigenvalue weighted by Gasteiger charge is 2.22. The summed E-state index contributed by atoms with van der Waals surface area (Å²) in [7, 11) is 2.91. The van der Waals surface area contributed by atoms with Gasteiger partial charge >= 0.3 is 6.09 Å². The maximum absolute atomic E-state index is 11.9. The summed E-state index contributed by atoms with van der Waals surface area (Å²) in [5, 5.41) is 2.61. The molecule has 0 aliphatic heterocycles. The topological polar surface area (TPSA) is 73.9 Å². The molecule has 1 N–H and O–H groups in total. The lowest BCUT2D eigenvalue weighted by Crippen LogP contribution is -2.27. The molecule has 0 unspecified atom stereocenters. The third-order valence-electron chi connectivity index (χ3n) is 2.70. The Kier molecular flexibility index (Phi) is 5.18. The molecule has 6 heteroatoms. The van der Waals surface area contributed by atoms with Gasteiger partial charge in [0, 0.05) is 5.56 Å². The number of carbonyl (C=O) groups is 2. The Morgan fingerprint density at radius 1 is 1.24 bits per heavy atom. The molecule has 0 fully saturated rings. The largest absolute Gasteiger partial charge is 0.496 e. The SMILES string of the molecule is COc1cc(C=O)c(OC)c(NC(=O)OC(C)(C)C)c1C. The van der Waals surface area contributed by atoms with E-state index in [-0.39, 0.29) is 11.3 Å². The van der Waals surface area contributed by atoms with Crippen LogP contribution in [0.1, 0.15) is 36.7 Å². The van der Waals surface area contributed by atoms with Crippen molar-refractivity contribution in [3.63, 3.8) is 0 Å². The Bertz CT molecular complexity index is 546. The van der Waals surface area contributed by atoms with E-state index < -0.39 is 11.7 Å². The molecule has 0 heterocycles. The Morgan fingerprint density at radius 3 is 2.29 bits per heavy atom. The van der Waals surface area contributed by atoms with Crippen LogP contribution in [-0.2, 0) is 4.74 Å². The number of amides is 1. The zero-order valence-electron chi connectivity index (χ0n) is 13.2. The van der Waals surface area contributed by atoms with Crippen molar-refractivity contribution < 1.29 is 23.8 Å². The molecule has 0 bridgehead atoms. The van der Waals surface area contributed by atoms with Crippen LogP contribution in [0, 0.1) is 6.92 Å². The normalized spacial score (nSPS) is 10.8. The second-order valence-corrected chi connectivity index (χ2v) is 5.45. The van der Waals surface area contributed by atoms with Crippen LogP contribution in [0.25, 0.3) is 0 Å². The van der Waals surface area contributed by atoms with Gasteiger partial charge in [-0.25, -0.2) is 4.79 Å². The summed E-state index contributed by atoms with van der Waals surface area (Å²) in [6.45, 7) is 7.04. The summed E-state index contributed by atoms with van der Waals surface area (Å²) in [5.41, 5.74) is 0.655. The standard InChI is InChI=1S/C15H21NO5/c1-9-11(19-5)7-10(8-17)13(20-6)12(9)16-14(18)21-15(2,3)4/h7-8H,1-6H3,(H,16,18). The second-order valence-electron chi connectivity index (χ2n) is 5.45. The molecule has 0 saturated heterocycles. The highest BCUT2D eigenvalue weighted by molar-refractivity contribution is 5.94. The van der Waals surface area contributed by atoms with Gasteiger partial charge in [0.25, 0.3) is 0 Å². The first-order valence-corrected chi connectivity index (χ1v) is 6.44. The zero-order chi connectivity index (χ0) is 16.2. The summed E-state index contributed by atoms with van der Waals surface area (Å²) in [4.78, 5) is 23.1. The van der Waals surface area contributed by atoms with Crippen LogP contribution in [0.2, 0.25) is 0 Å². The van der Waals surface area contributed by atoms with Gasteiger partial charge in [0.15, 0.2) is 12.0 Å². The fraction of sp³-hybridized carbons (Fsp3) is 0.467. The van der Waals surface area contributed by atoms with E-state index in [2.05, 4.69) is 5.32 Å². The summed E-state index contributed by atoms with van der Waals surface area (Å²) >= 11 is 0. The molecule has 0 aliphatic rings. The third-order valence-corrected chi connectivity index (χ3v) is 2.70. The first kappa shape index (κ1) is 16.8. The molecule has 0 spiro atoms. The first-order chi connectivity index (χ1) is 9.73. The second kappa shape index (κ2) is 6.47. The van der Waals surface area contributed by atoms with Crippen LogP contribution < -0.4 is 14.8 Å². The monoisotopic (exact) mass is 295 g/mol. The molecule has 0 radical (unpaired) electrons. The van der Waals surface area contributed by atoms with Gasteiger partial charge in [-0.1, -0.05) is 0 Å². The van der Waals surface area contributed by atoms with E-state index in [0.29, 0.717) is 23.3 Å². The molecular formula is C15H21NO5. The summed E-state index contributed by atoms with van der Waals surface area (Å²) in [6.07, 6.45) is 0.00939. The molecule has 1 amide bonds. The molecule has 21 heavy (non-hydrogen) atoms. The molecule has 116 valence electrons. The minimum Gasteiger partial charge on any atom is -0.496 e. The van der Waals surface area contributed by atoms with E-state index in [1.807, 2.05) is 0 Å². The third kappa shape index (κ3) is 4.11. The quantitative estimate of drug-likeness (QED) is 0.864. The predicted molar refractivity (Wildman–Crippen MR) is 79.5 cm³/mol. The Hall–Kier alpha value is -2.24. The Morgan fingerprint density at radius 2 is 1.86 bits per heavy atom. The van der Waals surface area contributed by atoms with Crippen LogP contribution in [0.15, 0.2) is 6.07 Å². The van der Waals surface area contributed by atoms with Gasteiger partial charge in [0.2, 0.25) is 0 Å². The minimum atomic E-state index is -0.631. The maximum Gasteiger partial charge on any atom is 0.412 e. The number of carbonyl (C=O) groups excluding carboxylic acids is 2. The van der Waals surface area contributed by atoms with Gasteiger partial charge in [-0.2, -0.15) is 0 Å². The zero-order valence-corrected chi connectivity index (χ0v) is 13.2. The number of nitrogens with one attached hydrogen (secondary N) is 1. The van der Waals surface area contributed by atoms with Crippen molar-refractivity contribution in [3.05, 3.63) is 17.2 Å². The molecular weight excluding hydrogens is 274 g/mol. The minimum absolute atomic E-state index is 0.272. The Labute approximate surface area is 124 Å². The fourth-order valence-electron chi connectivity index (χ4n) is 1.83. The molecule has 0 atom stereocenters. The number of rotatable bonds is 4. The average molecular weight is 295 g/mol. The van der Waals surface area contributed by atoms with Crippen molar-refractivity contribution in [1.82, 2.24) is 0 Å². The van der Waals surface area contributed by atoms with E-state index >= 15 is 0 Å². The summed E-state index contributed by atoms with van der Waals surface area (Å²) < 4.78 is 15.6. The van der Waals surface area contributed by atoms with Crippen molar-refractivity contribution >= 4 is 18.1 Å². The lowest BCUT2D eigenvalue weighted by Gasteiger charge is -2.22. The molecule has 1 aromatic carbocycles. The van der Waals surface area contributed by atoms with E-state index in [1.165, 1.54) is 14.2 Å². The van der Waals surface area contributed by atoms with Gasteiger partial charge in [0.05, 0.1) is 25.5 Å². The average Bonchev–Trinajstić information content (AvgIpc) is 2.38. The maximum atomic E-state index is 11.9. The molecule has 1 rings (SSSR count). The molecule has 6 nitrogen and oxygen atoms in total. The number of hydrogen-bond acceptors (Lipinski definition) is 5. The van der Waals surface area contributed by atoms with Crippen molar-refractivity contribution in [2.45, 2.75) is 33.3 Å². The molecule has 0 aromatic heterocycles. The number of hydrogen-bond donors (Lipinski definition) is 1. The number of aldehydes is 1. The van der Waals surface area contributed by atoms with E-state index in [4.69, 9.17) is 14.2 Å². The number of methoxy groups -OCH3 is 2. The molecule has 0 saturated carbocycles. The van der Waals surface area contributed by atoms with Gasteiger partial charge in [-0.15, -0.1) is 0 Å². The number of ether oxygens (including phenoxy) is 3. The van der Waals surface area contributed by atoms with Crippen LogP contribution in [0.4, 0.5) is 10.5 Å². The number of anilines is 1. The van der Waals surface area contributed by atoms with Crippen molar-refractivity contribution in [2.75, 3.05) is 19.5 Å². The van der Waals surface area contributed by atoms with E-state index in [0.717, 1.165) is 0 Å². The van der Waals surface area contributed by atoms with Crippen LogP contribution in [0.5, 0.6) is 11.5 Å². The van der Waals surface area contributed by atoms with Crippen LogP contribution >= 0.6 is 0 Å². The summed E-state index contributed by atoms with van der Waals surface area (Å²) in [6, 6.07) is 1.56. The van der Waals surface area contributed by atoms with Crippen LogP contribution in [0.3, 0.4) is 0 Å². The number of benzene rings is 1. The molecule has 0 aliphatic carbocycles. The van der Waals surface area contributed by atoms with E-state index in [9.17, 15) is 9.59 Å². The summed E-state index contributed by atoms with van der Waals surface area (Å²) in [5.74, 6) is 0.748. The first-order valence-electron chi connectivity index (χ1n) is 6.44. The van der Waals surface area contributed by atoms with Gasteiger partial charge < -0.3 is 14.2 Å². The molecule has 1 aromatic rings. The fourth-order valence-corrected chi connectivity index (χ4v) is 1.83. The van der Waals surface area contributed by atoms with Crippen molar-refractivity contribution in [2.24, 2.45) is 0 Å². The van der Waals surface area contributed by atoms with Gasteiger partial charge in [-0.05, 0) is 33.8 Å². The predicted octanol–water partition coefficient (Wildman–Crippen LogP) is 3.17. The van der Waals surface area contributed by atoms with Gasteiger partial charge in [-0.3, -0.25) is 10.1 Å². The van der Waals surface area contributed by atoms with Gasteiger partial charge in [0.1, 0.15) is 11.4 Å². The smallest absolute Gasteiger partial charge is 0.412 e. The highest BCUT2D eigenvalue weighted by atomic mass is 16.6. The van der Waals surface area contributed by atoms with Crippen LogP contribution in [-0.4, -0.2) is 32.2 Å². The lowest BCUT2D eigenvalue weighted by molar-refractivity contribution is 0.0635. The van der Waals surface area contributed by atoms with Crippen molar-refractivity contribution in [1.29, 1.82) is 0 Å². The lowest BCUT2D eigenvalue weighted by atomic mass is 10.1. The van der Waals surface area contributed by atoms with Crippen molar-refractivity contribution in [3.8, 4) is 11.5 Å². The Balaban J connectivity index is 3.26. The highest BCUT2D eigenvalue weighted by Crippen LogP contribution is 2.37. The van der Waals surface area contributed by atoms with E-state index in [1.54, 1.807) is 33.8 Å².